The largest absolute Gasteiger partial charge is 0.507 e. The average molecular weight is 346 g/mol. The van der Waals surface area contributed by atoms with Crippen LogP contribution in [0.25, 0.3) is 0 Å². The molecule has 1 fully saturated rings. The summed E-state index contributed by atoms with van der Waals surface area (Å²) in [5.41, 5.74) is -1.58. The number of methoxy groups -OCH3 is 1. The SMILES string of the molecule is COC(=O)[C@]1(O)C(=O)c2c(O)cc(C)cc2[C@H]2[C@H](C(C)C)CC[C@]21C. The van der Waals surface area contributed by atoms with Crippen LogP contribution in [0, 0.1) is 24.2 Å². The van der Waals surface area contributed by atoms with E-state index in [-0.39, 0.29) is 23.1 Å². The zero-order valence-electron chi connectivity index (χ0n) is 15.4. The van der Waals surface area contributed by atoms with Gasteiger partial charge in [0.05, 0.1) is 12.7 Å². The molecular formula is C20H26O5. The lowest BCUT2D eigenvalue weighted by Crippen LogP contribution is -2.63. The summed E-state index contributed by atoms with van der Waals surface area (Å²) in [5, 5.41) is 21.8. The van der Waals surface area contributed by atoms with E-state index in [9.17, 15) is 19.8 Å². The second-order valence-corrected chi connectivity index (χ2v) is 8.12. The highest BCUT2D eigenvalue weighted by molar-refractivity contribution is 6.19. The van der Waals surface area contributed by atoms with Gasteiger partial charge in [0.1, 0.15) is 5.75 Å². The van der Waals surface area contributed by atoms with E-state index < -0.39 is 22.8 Å². The van der Waals surface area contributed by atoms with Gasteiger partial charge >= 0.3 is 5.97 Å². The van der Waals surface area contributed by atoms with Gasteiger partial charge in [-0.15, -0.1) is 0 Å². The average Bonchev–Trinajstić information content (AvgIpc) is 2.90. The molecule has 1 saturated carbocycles. The molecule has 4 atom stereocenters. The molecule has 0 amide bonds. The van der Waals surface area contributed by atoms with E-state index in [1.807, 2.05) is 13.0 Å². The first-order valence-corrected chi connectivity index (χ1v) is 8.78. The van der Waals surface area contributed by atoms with Crippen LogP contribution in [0.3, 0.4) is 0 Å². The highest BCUT2D eigenvalue weighted by Gasteiger charge is 2.69. The van der Waals surface area contributed by atoms with Crippen LogP contribution in [-0.2, 0) is 9.53 Å². The van der Waals surface area contributed by atoms with E-state index in [0.29, 0.717) is 12.3 Å². The molecule has 0 radical (unpaired) electrons. The zero-order valence-corrected chi connectivity index (χ0v) is 15.4. The number of hydrogen-bond donors (Lipinski definition) is 2. The lowest BCUT2D eigenvalue weighted by atomic mass is 9.55. The molecule has 2 aliphatic rings. The third-order valence-electron chi connectivity index (χ3n) is 6.46. The number of benzene rings is 1. The molecule has 5 nitrogen and oxygen atoms in total. The lowest BCUT2D eigenvalue weighted by molar-refractivity contribution is -0.171. The van der Waals surface area contributed by atoms with Gasteiger partial charge in [0, 0.05) is 5.41 Å². The molecule has 0 spiro atoms. The van der Waals surface area contributed by atoms with Crippen LogP contribution in [0.5, 0.6) is 5.75 Å². The fourth-order valence-electron chi connectivity index (χ4n) is 5.16. The van der Waals surface area contributed by atoms with Crippen molar-refractivity contribution in [3.8, 4) is 5.75 Å². The van der Waals surface area contributed by atoms with Gasteiger partial charge in [-0.1, -0.05) is 26.8 Å². The Morgan fingerprint density at radius 3 is 2.56 bits per heavy atom. The number of fused-ring (bicyclic) bond motifs is 3. The van der Waals surface area contributed by atoms with E-state index in [2.05, 4.69) is 13.8 Å². The second kappa shape index (κ2) is 5.56. The minimum atomic E-state index is -2.28. The quantitative estimate of drug-likeness (QED) is 0.635. The van der Waals surface area contributed by atoms with Crippen molar-refractivity contribution >= 4 is 11.8 Å². The van der Waals surface area contributed by atoms with Crippen LogP contribution in [0.1, 0.15) is 61.0 Å². The Labute approximate surface area is 148 Å². The first kappa shape index (κ1) is 17.9. The Kier molecular flexibility index (Phi) is 3.99. The van der Waals surface area contributed by atoms with Crippen LogP contribution < -0.4 is 0 Å². The maximum absolute atomic E-state index is 13.2. The van der Waals surface area contributed by atoms with Gasteiger partial charge in [0.2, 0.25) is 11.4 Å². The minimum Gasteiger partial charge on any atom is -0.507 e. The monoisotopic (exact) mass is 346 g/mol. The van der Waals surface area contributed by atoms with Gasteiger partial charge in [-0.3, -0.25) is 4.79 Å². The number of aromatic hydroxyl groups is 1. The molecule has 0 bridgehead atoms. The van der Waals surface area contributed by atoms with E-state index in [1.165, 1.54) is 13.2 Å². The Hall–Kier alpha value is -1.88. The number of phenolic OH excluding ortho intramolecular Hbond substituents is 1. The molecule has 2 aliphatic carbocycles. The molecule has 0 heterocycles. The van der Waals surface area contributed by atoms with Crippen molar-refractivity contribution in [2.75, 3.05) is 7.11 Å². The maximum atomic E-state index is 13.2. The number of aliphatic hydroxyl groups is 1. The fraction of sp³-hybridized carbons (Fsp3) is 0.600. The van der Waals surface area contributed by atoms with Crippen LogP contribution in [0.15, 0.2) is 12.1 Å². The molecule has 0 unspecified atom stereocenters. The second-order valence-electron chi connectivity index (χ2n) is 8.12. The van der Waals surface area contributed by atoms with E-state index >= 15 is 0 Å². The van der Waals surface area contributed by atoms with Crippen molar-refractivity contribution < 1.29 is 24.5 Å². The zero-order chi connectivity index (χ0) is 18.7. The molecule has 0 aliphatic heterocycles. The predicted molar refractivity (Wildman–Crippen MR) is 92.6 cm³/mol. The normalized spacial score (nSPS) is 34.0. The molecular weight excluding hydrogens is 320 g/mol. The summed E-state index contributed by atoms with van der Waals surface area (Å²) < 4.78 is 4.82. The molecule has 5 heteroatoms. The van der Waals surface area contributed by atoms with Crippen molar-refractivity contribution in [1.82, 2.24) is 0 Å². The maximum Gasteiger partial charge on any atom is 0.346 e. The molecule has 1 aromatic carbocycles. The summed E-state index contributed by atoms with van der Waals surface area (Å²) >= 11 is 0. The van der Waals surface area contributed by atoms with Gasteiger partial charge < -0.3 is 14.9 Å². The number of hydrogen-bond acceptors (Lipinski definition) is 5. The van der Waals surface area contributed by atoms with Gasteiger partial charge in [0.25, 0.3) is 0 Å². The summed E-state index contributed by atoms with van der Waals surface area (Å²) in [5.74, 6) is -1.56. The van der Waals surface area contributed by atoms with Crippen molar-refractivity contribution in [3.63, 3.8) is 0 Å². The molecule has 25 heavy (non-hydrogen) atoms. The Morgan fingerprint density at radius 1 is 1.36 bits per heavy atom. The van der Waals surface area contributed by atoms with Crippen molar-refractivity contribution in [2.24, 2.45) is 17.3 Å². The molecule has 1 aromatic rings. The van der Waals surface area contributed by atoms with E-state index in [1.54, 1.807) is 6.92 Å². The van der Waals surface area contributed by atoms with E-state index in [0.717, 1.165) is 17.5 Å². The van der Waals surface area contributed by atoms with Crippen molar-refractivity contribution in [2.45, 2.75) is 52.1 Å². The number of carbonyl (C=O) groups is 2. The van der Waals surface area contributed by atoms with Crippen LogP contribution in [0.2, 0.25) is 0 Å². The number of Topliss-reactive ketones (excluding diaryl/α,β-unsaturated/α-hetero) is 1. The smallest absolute Gasteiger partial charge is 0.346 e. The topological polar surface area (TPSA) is 83.8 Å². The number of rotatable bonds is 2. The molecule has 0 aromatic heterocycles. The first-order chi connectivity index (χ1) is 11.6. The highest BCUT2D eigenvalue weighted by atomic mass is 16.5. The summed E-state index contributed by atoms with van der Waals surface area (Å²) in [4.78, 5) is 25.7. The first-order valence-electron chi connectivity index (χ1n) is 8.78. The van der Waals surface area contributed by atoms with Crippen molar-refractivity contribution in [3.05, 3.63) is 28.8 Å². The van der Waals surface area contributed by atoms with Gasteiger partial charge in [-0.25, -0.2) is 4.79 Å². The van der Waals surface area contributed by atoms with Gasteiger partial charge in [-0.2, -0.15) is 0 Å². The third kappa shape index (κ3) is 2.11. The number of ketones is 1. The Morgan fingerprint density at radius 2 is 2.00 bits per heavy atom. The Balaban J connectivity index is 2.36. The Bertz CT molecular complexity index is 753. The highest BCUT2D eigenvalue weighted by Crippen LogP contribution is 2.64. The number of aryl methyl sites for hydroxylation is 1. The molecule has 3 rings (SSSR count). The summed E-state index contributed by atoms with van der Waals surface area (Å²) in [7, 11) is 1.17. The number of esters is 1. The van der Waals surface area contributed by atoms with Gasteiger partial charge in [0.15, 0.2) is 0 Å². The fourth-order valence-corrected chi connectivity index (χ4v) is 5.16. The lowest BCUT2D eigenvalue weighted by Gasteiger charge is -2.49. The van der Waals surface area contributed by atoms with Crippen LogP contribution in [-0.4, -0.2) is 34.7 Å². The molecule has 136 valence electrons. The third-order valence-corrected chi connectivity index (χ3v) is 6.46. The number of carbonyl (C=O) groups excluding carboxylic acids is 2. The van der Waals surface area contributed by atoms with Gasteiger partial charge in [-0.05, 0) is 54.7 Å². The standard InChI is InChI=1S/C20H26O5/c1-10(2)12-6-7-19(4)16(12)13-8-11(3)9-14(21)15(13)17(22)20(19,24)18(23)25-5/h8-10,12,16,21,24H,6-7H2,1-5H3/t12-,16+,19+,20+/m0/s1. The number of ether oxygens (including phenoxy) is 1. The summed E-state index contributed by atoms with van der Waals surface area (Å²) in [6, 6.07) is 3.41. The summed E-state index contributed by atoms with van der Waals surface area (Å²) in [6.07, 6.45) is 1.35. The summed E-state index contributed by atoms with van der Waals surface area (Å²) in [6.45, 7) is 7.89. The minimum absolute atomic E-state index is 0.0634. The molecule has 0 saturated heterocycles. The van der Waals surface area contributed by atoms with E-state index in [4.69, 9.17) is 4.74 Å². The van der Waals surface area contributed by atoms with Crippen molar-refractivity contribution in [1.29, 1.82) is 0 Å². The number of phenols is 1. The van der Waals surface area contributed by atoms with Crippen LogP contribution >= 0.6 is 0 Å². The van der Waals surface area contributed by atoms with Crippen LogP contribution in [0.4, 0.5) is 0 Å². The predicted octanol–water partition coefficient (Wildman–Crippen LogP) is 2.96. The molecule has 2 N–H and O–H groups in total.